The molecule has 14 heavy (non-hydrogen) atoms. The summed E-state index contributed by atoms with van der Waals surface area (Å²) < 4.78 is 4.22. The van der Waals surface area contributed by atoms with E-state index in [-0.39, 0.29) is 6.10 Å². The topological polar surface area (TPSA) is 33.1 Å². The van der Waals surface area contributed by atoms with Crippen LogP contribution in [-0.4, -0.2) is 9.48 Å². The van der Waals surface area contributed by atoms with Gasteiger partial charge in [-0.3, -0.25) is 0 Å². The lowest BCUT2D eigenvalue weighted by atomic mass is 9.76. The Morgan fingerprint density at radius 1 is 1.50 bits per heavy atom. The first kappa shape index (κ1) is 10.1. The number of aliphatic hydroxyl groups is 1. The highest BCUT2D eigenvalue weighted by Gasteiger charge is 2.29. The Balaban J connectivity index is 2.06. The smallest absolute Gasteiger partial charge is 0.100 e. The average Bonchev–Trinajstić information content (AvgIpc) is 2.70. The van der Waals surface area contributed by atoms with Crippen LogP contribution < -0.4 is 0 Å². The van der Waals surface area contributed by atoms with E-state index in [0.717, 1.165) is 12.1 Å². The molecule has 2 nitrogen and oxygen atoms in total. The summed E-state index contributed by atoms with van der Waals surface area (Å²) in [7, 11) is 0. The summed E-state index contributed by atoms with van der Waals surface area (Å²) in [5.41, 5.74) is 0.869. The second-order valence-corrected chi connectivity index (χ2v) is 4.96. The summed E-state index contributed by atoms with van der Waals surface area (Å²) in [6.45, 7) is 2.25. The Kier molecular flexibility index (Phi) is 3.19. The molecule has 1 aromatic rings. The normalized spacial score (nSPS) is 30.1. The standard InChI is InChI=1S/C11H17NOS/c1-8-4-2-3-5-9(8)11(13)10-6-7-14-12-10/h6-9,11,13H,2-5H2,1H3. The predicted octanol–water partition coefficient (Wildman–Crippen LogP) is 3.00. The van der Waals surface area contributed by atoms with Gasteiger partial charge in [0, 0.05) is 5.38 Å². The van der Waals surface area contributed by atoms with Crippen LogP contribution in [0.3, 0.4) is 0 Å². The maximum Gasteiger partial charge on any atom is 0.100 e. The Morgan fingerprint density at radius 2 is 2.29 bits per heavy atom. The minimum atomic E-state index is -0.337. The van der Waals surface area contributed by atoms with E-state index >= 15 is 0 Å². The molecule has 1 aliphatic rings. The van der Waals surface area contributed by atoms with Crippen molar-refractivity contribution in [2.24, 2.45) is 11.8 Å². The number of hydrogen-bond acceptors (Lipinski definition) is 3. The quantitative estimate of drug-likeness (QED) is 0.815. The summed E-state index contributed by atoms with van der Waals surface area (Å²) in [6.07, 6.45) is 4.65. The SMILES string of the molecule is CC1CCCCC1C(O)c1ccsn1. The van der Waals surface area contributed by atoms with Crippen LogP contribution in [-0.2, 0) is 0 Å². The molecule has 0 saturated heterocycles. The van der Waals surface area contributed by atoms with Gasteiger partial charge in [0.2, 0.25) is 0 Å². The molecule has 0 aromatic carbocycles. The third-order valence-corrected chi connectivity index (χ3v) is 3.92. The van der Waals surface area contributed by atoms with Crippen LogP contribution in [0.1, 0.15) is 44.4 Å². The number of hydrogen-bond donors (Lipinski definition) is 1. The molecule has 3 atom stereocenters. The Bertz CT molecular complexity index is 273. The van der Waals surface area contributed by atoms with E-state index in [1.165, 1.54) is 30.8 Å². The zero-order valence-corrected chi connectivity index (χ0v) is 9.33. The minimum Gasteiger partial charge on any atom is -0.386 e. The fourth-order valence-corrected chi connectivity index (χ4v) is 2.96. The van der Waals surface area contributed by atoms with Crippen LogP contribution in [0.15, 0.2) is 11.4 Å². The zero-order valence-electron chi connectivity index (χ0n) is 8.52. The maximum absolute atomic E-state index is 10.1. The first-order valence-corrected chi connectivity index (χ1v) is 6.21. The number of rotatable bonds is 2. The predicted molar refractivity (Wildman–Crippen MR) is 58.2 cm³/mol. The lowest BCUT2D eigenvalue weighted by Gasteiger charge is -2.31. The molecule has 2 rings (SSSR count). The Labute approximate surface area is 89.1 Å². The van der Waals surface area contributed by atoms with Crippen LogP contribution in [0.5, 0.6) is 0 Å². The number of nitrogens with zero attached hydrogens (tertiary/aromatic N) is 1. The van der Waals surface area contributed by atoms with Crippen molar-refractivity contribution in [1.82, 2.24) is 4.37 Å². The van der Waals surface area contributed by atoms with E-state index in [9.17, 15) is 5.11 Å². The lowest BCUT2D eigenvalue weighted by molar-refractivity contribution is 0.0505. The van der Waals surface area contributed by atoms with Crippen LogP contribution >= 0.6 is 11.5 Å². The largest absolute Gasteiger partial charge is 0.386 e. The molecule has 1 N–H and O–H groups in total. The number of aromatic nitrogens is 1. The Morgan fingerprint density at radius 3 is 2.93 bits per heavy atom. The summed E-state index contributed by atoms with van der Waals surface area (Å²) >= 11 is 1.42. The maximum atomic E-state index is 10.1. The molecule has 0 aliphatic heterocycles. The van der Waals surface area contributed by atoms with Gasteiger partial charge in [-0.25, -0.2) is 0 Å². The van der Waals surface area contributed by atoms with Crippen LogP contribution in [0.2, 0.25) is 0 Å². The van der Waals surface area contributed by atoms with Crippen LogP contribution in [0.25, 0.3) is 0 Å². The summed E-state index contributed by atoms with van der Waals surface area (Å²) in [5, 5.41) is 12.1. The third kappa shape index (κ3) is 1.98. The van der Waals surface area contributed by atoms with Gasteiger partial charge in [0.05, 0.1) is 5.69 Å². The van der Waals surface area contributed by atoms with Gasteiger partial charge in [-0.2, -0.15) is 4.37 Å². The minimum absolute atomic E-state index is 0.337. The highest BCUT2D eigenvalue weighted by Crippen LogP contribution is 2.37. The molecule has 1 saturated carbocycles. The molecule has 0 radical (unpaired) electrons. The molecule has 3 unspecified atom stereocenters. The van der Waals surface area contributed by atoms with Crippen molar-refractivity contribution >= 4 is 11.5 Å². The average molecular weight is 211 g/mol. The fourth-order valence-electron chi connectivity index (χ4n) is 2.41. The first-order chi connectivity index (χ1) is 6.79. The van der Waals surface area contributed by atoms with Gasteiger partial charge in [0.15, 0.2) is 0 Å². The molecule has 78 valence electrons. The van der Waals surface area contributed by atoms with Gasteiger partial charge < -0.3 is 5.11 Å². The monoisotopic (exact) mass is 211 g/mol. The zero-order chi connectivity index (χ0) is 9.97. The molecular weight excluding hydrogens is 194 g/mol. The second-order valence-electron chi connectivity index (χ2n) is 4.29. The van der Waals surface area contributed by atoms with Crippen LogP contribution in [0, 0.1) is 11.8 Å². The van der Waals surface area contributed by atoms with E-state index in [4.69, 9.17) is 0 Å². The molecule has 3 heteroatoms. The van der Waals surface area contributed by atoms with E-state index in [1.54, 1.807) is 0 Å². The first-order valence-electron chi connectivity index (χ1n) is 5.37. The number of aliphatic hydroxyl groups excluding tert-OH is 1. The summed E-state index contributed by atoms with van der Waals surface area (Å²) in [5.74, 6) is 1.06. The molecule has 1 aliphatic carbocycles. The van der Waals surface area contributed by atoms with Gasteiger partial charge in [0.1, 0.15) is 6.10 Å². The van der Waals surface area contributed by atoms with E-state index in [1.807, 2.05) is 11.4 Å². The van der Waals surface area contributed by atoms with E-state index in [0.29, 0.717) is 11.8 Å². The fraction of sp³-hybridized carbons (Fsp3) is 0.727. The van der Waals surface area contributed by atoms with E-state index < -0.39 is 0 Å². The molecule has 1 aromatic heterocycles. The van der Waals surface area contributed by atoms with Gasteiger partial charge in [-0.15, -0.1) is 0 Å². The van der Waals surface area contributed by atoms with Crippen molar-refractivity contribution in [1.29, 1.82) is 0 Å². The van der Waals surface area contributed by atoms with E-state index in [2.05, 4.69) is 11.3 Å². The van der Waals surface area contributed by atoms with Crippen molar-refractivity contribution in [2.75, 3.05) is 0 Å². The Hall–Kier alpha value is -0.410. The van der Waals surface area contributed by atoms with Crippen molar-refractivity contribution < 1.29 is 5.11 Å². The molecule has 1 fully saturated rings. The van der Waals surface area contributed by atoms with Crippen molar-refractivity contribution in [3.8, 4) is 0 Å². The third-order valence-electron chi connectivity index (χ3n) is 3.34. The van der Waals surface area contributed by atoms with Crippen molar-refractivity contribution in [3.05, 3.63) is 17.1 Å². The highest BCUT2D eigenvalue weighted by molar-refractivity contribution is 7.03. The molecule has 1 heterocycles. The van der Waals surface area contributed by atoms with Crippen molar-refractivity contribution in [2.45, 2.75) is 38.7 Å². The summed E-state index contributed by atoms with van der Waals surface area (Å²) in [4.78, 5) is 0. The molecular formula is C11H17NOS. The molecule has 0 spiro atoms. The van der Waals surface area contributed by atoms with Gasteiger partial charge in [0.25, 0.3) is 0 Å². The van der Waals surface area contributed by atoms with Crippen LogP contribution in [0.4, 0.5) is 0 Å². The van der Waals surface area contributed by atoms with Gasteiger partial charge >= 0.3 is 0 Å². The lowest BCUT2D eigenvalue weighted by Crippen LogP contribution is -2.23. The second kappa shape index (κ2) is 4.41. The van der Waals surface area contributed by atoms with Gasteiger partial charge in [-0.1, -0.05) is 26.2 Å². The van der Waals surface area contributed by atoms with Gasteiger partial charge in [-0.05, 0) is 35.9 Å². The molecule has 0 bridgehead atoms. The van der Waals surface area contributed by atoms with Crippen molar-refractivity contribution in [3.63, 3.8) is 0 Å². The highest BCUT2D eigenvalue weighted by atomic mass is 32.1. The molecule has 0 amide bonds. The summed E-state index contributed by atoms with van der Waals surface area (Å²) in [6, 6.07) is 1.94.